The first kappa shape index (κ1) is 25.8. The van der Waals surface area contributed by atoms with Crippen molar-refractivity contribution in [3.63, 3.8) is 0 Å². The number of aromatic nitrogens is 1. The number of aryl methyl sites for hydroxylation is 1. The van der Waals surface area contributed by atoms with Crippen LogP contribution in [0.25, 0.3) is 0 Å². The van der Waals surface area contributed by atoms with Crippen LogP contribution in [0.3, 0.4) is 0 Å². The molecule has 9 heteroatoms. The zero-order chi connectivity index (χ0) is 25.1. The highest BCUT2D eigenvalue weighted by Crippen LogP contribution is 2.69. The number of alkyl halides is 3. The molecule has 0 saturated heterocycles. The Morgan fingerprint density at radius 1 is 1.32 bits per heavy atom. The van der Waals surface area contributed by atoms with E-state index < -0.39 is 23.4 Å². The second kappa shape index (κ2) is 10.2. The van der Waals surface area contributed by atoms with Gasteiger partial charge in [0, 0.05) is 37.2 Å². The summed E-state index contributed by atoms with van der Waals surface area (Å²) in [5.74, 6) is -0.556. The summed E-state index contributed by atoms with van der Waals surface area (Å²) >= 11 is 0. The molecule has 0 aliphatic heterocycles. The van der Waals surface area contributed by atoms with Gasteiger partial charge in [-0.15, -0.1) is 0 Å². The van der Waals surface area contributed by atoms with Gasteiger partial charge >= 0.3 is 6.18 Å². The number of carbonyl (C=O) groups excluding carboxylic acids is 1. The fraction of sp³-hybridized carbons (Fsp3) is 0.520. The van der Waals surface area contributed by atoms with Gasteiger partial charge in [-0.3, -0.25) is 4.79 Å². The number of aromatic hydroxyl groups is 1. The molecule has 2 N–H and O–H groups in total. The molecule has 1 aromatic carbocycles. The molecule has 2 aromatic rings. The van der Waals surface area contributed by atoms with Crippen molar-refractivity contribution < 1.29 is 27.8 Å². The SMILES string of the molecule is COc1ccc(C2CC2(CCC(=O)NC[C@H](Cc2ccc(O)cc2C)N(C)C)C(F)(F)F)cn1. The van der Waals surface area contributed by atoms with Crippen LogP contribution in [0, 0.1) is 12.3 Å². The van der Waals surface area contributed by atoms with Crippen molar-refractivity contribution in [1.29, 1.82) is 0 Å². The van der Waals surface area contributed by atoms with Crippen molar-refractivity contribution >= 4 is 5.91 Å². The number of nitrogens with zero attached hydrogens (tertiary/aromatic N) is 2. The molecule has 1 aliphatic rings. The predicted molar refractivity (Wildman–Crippen MR) is 123 cm³/mol. The van der Waals surface area contributed by atoms with Gasteiger partial charge in [0.15, 0.2) is 0 Å². The van der Waals surface area contributed by atoms with Crippen LogP contribution in [-0.4, -0.2) is 60.9 Å². The first-order valence-electron chi connectivity index (χ1n) is 11.2. The summed E-state index contributed by atoms with van der Waals surface area (Å²) in [6.07, 6.45) is -2.85. The number of likely N-dealkylation sites (N-methyl/N-ethyl adjacent to an activating group) is 1. The number of phenolic OH excluding ortho intramolecular Hbond substituents is 1. The van der Waals surface area contributed by atoms with Crippen LogP contribution in [0.5, 0.6) is 11.6 Å². The van der Waals surface area contributed by atoms with Crippen LogP contribution in [0.4, 0.5) is 13.2 Å². The average molecular weight is 480 g/mol. The molecule has 6 nitrogen and oxygen atoms in total. The van der Waals surface area contributed by atoms with Crippen molar-refractivity contribution in [3.8, 4) is 11.6 Å². The van der Waals surface area contributed by atoms with Crippen LogP contribution >= 0.6 is 0 Å². The number of hydrogen-bond acceptors (Lipinski definition) is 5. The summed E-state index contributed by atoms with van der Waals surface area (Å²) in [4.78, 5) is 18.5. The van der Waals surface area contributed by atoms with Crippen molar-refractivity contribution in [3.05, 3.63) is 53.2 Å². The first-order valence-corrected chi connectivity index (χ1v) is 11.2. The fourth-order valence-electron chi connectivity index (χ4n) is 4.45. The highest BCUT2D eigenvalue weighted by Gasteiger charge is 2.70. The number of ether oxygens (including phenoxy) is 1. The number of carbonyl (C=O) groups is 1. The van der Waals surface area contributed by atoms with Crippen LogP contribution < -0.4 is 10.1 Å². The molecule has 186 valence electrons. The Kier molecular flexibility index (Phi) is 7.75. The predicted octanol–water partition coefficient (Wildman–Crippen LogP) is 4.21. The Morgan fingerprint density at radius 2 is 2.06 bits per heavy atom. The molecule has 3 atom stereocenters. The number of methoxy groups -OCH3 is 1. The van der Waals surface area contributed by atoms with Gasteiger partial charge in [-0.1, -0.05) is 12.1 Å². The highest BCUT2D eigenvalue weighted by atomic mass is 19.4. The van der Waals surface area contributed by atoms with Crippen LogP contribution in [0.2, 0.25) is 0 Å². The fourth-order valence-corrected chi connectivity index (χ4v) is 4.45. The molecule has 1 amide bonds. The van der Waals surface area contributed by atoms with E-state index in [2.05, 4.69) is 10.3 Å². The van der Waals surface area contributed by atoms with Crippen molar-refractivity contribution in [2.24, 2.45) is 5.41 Å². The van der Waals surface area contributed by atoms with E-state index >= 15 is 0 Å². The van der Waals surface area contributed by atoms with Gasteiger partial charge in [0.1, 0.15) is 5.75 Å². The summed E-state index contributed by atoms with van der Waals surface area (Å²) < 4.78 is 46.8. The van der Waals surface area contributed by atoms with E-state index in [0.717, 1.165) is 11.1 Å². The topological polar surface area (TPSA) is 74.7 Å². The van der Waals surface area contributed by atoms with E-state index in [1.165, 1.54) is 13.3 Å². The van der Waals surface area contributed by atoms with Crippen LogP contribution in [0.15, 0.2) is 36.5 Å². The maximum Gasteiger partial charge on any atom is 0.395 e. The van der Waals surface area contributed by atoms with E-state index in [9.17, 15) is 23.1 Å². The molecular weight excluding hydrogens is 447 g/mol. The summed E-state index contributed by atoms with van der Waals surface area (Å²) in [5, 5.41) is 12.4. The molecular formula is C25H32F3N3O3. The lowest BCUT2D eigenvalue weighted by molar-refractivity contribution is -0.191. The summed E-state index contributed by atoms with van der Waals surface area (Å²) in [6, 6.07) is 8.27. The lowest BCUT2D eigenvalue weighted by atomic mass is 9.93. The Morgan fingerprint density at radius 3 is 2.62 bits per heavy atom. The van der Waals surface area contributed by atoms with Crippen LogP contribution in [-0.2, 0) is 11.2 Å². The summed E-state index contributed by atoms with van der Waals surface area (Å²) in [5.41, 5.74) is 0.592. The number of benzene rings is 1. The van der Waals surface area contributed by atoms with Gasteiger partial charge < -0.3 is 20.1 Å². The van der Waals surface area contributed by atoms with Crippen LogP contribution in [0.1, 0.15) is 41.9 Å². The van der Waals surface area contributed by atoms with Gasteiger partial charge in [-0.05, 0) is 69.1 Å². The maximum absolute atomic E-state index is 14.0. The molecule has 0 bridgehead atoms. The lowest BCUT2D eigenvalue weighted by Crippen LogP contribution is -2.42. The van der Waals surface area contributed by atoms with Gasteiger partial charge in [0.25, 0.3) is 0 Å². The van der Waals surface area contributed by atoms with Gasteiger partial charge in [-0.25, -0.2) is 4.98 Å². The molecule has 3 rings (SSSR count). The Balaban J connectivity index is 1.58. The standard InChI is InChI=1S/C25H32F3N3O3/c1-16-11-20(32)7-5-17(16)12-19(31(2)3)15-29-22(33)9-10-24(25(26,27)28)13-21(24)18-6-8-23(34-4)30-14-18/h5-8,11,14,19,21,32H,9-10,12-13,15H2,1-4H3,(H,29,33)/t19-,21?,24?/m0/s1. The largest absolute Gasteiger partial charge is 0.508 e. The Bertz CT molecular complexity index is 995. The number of amides is 1. The molecule has 1 aliphatic carbocycles. The first-order chi connectivity index (χ1) is 16.0. The number of hydrogen-bond donors (Lipinski definition) is 2. The van der Waals surface area contributed by atoms with Gasteiger partial charge in [-0.2, -0.15) is 13.2 Å². The Hall–Kier alpha value is -2.81. The second-order valence-corrected chi connectivity index (χ2v) is 9.28. The van der Waals surface area contributed by atoms with E-state index in [0.29, 0.717) is 24.4 Å². The monoisotopic (exact) mass is 479 g/mol. The third-order valence-corrected chi connectivity index (χ3v) is 6.86. The molecule has 1 fully saturated rings. The minimum Gasteiger partial charge on any atom is -0.508 e. The van der Waals surface area contributed by atoms with Crippen molar-refractivity contribution in [2.45, 2.75) is 50.7 Å². The second-order valence-electron chi connectivity index (χ2n) is 9.28. The third kappa shape index (κ3) is 5.81. The van der Waals surface area contributed by atoms with Gasteiger partial charge in [0.2, 0.25) is 11.8 Å². The molecule has 34 heavy (non-hydrogen) atoms. The maximum atomic E-state index is 14.0. The average Bonchev–Trinajstić information content (AvgIpc) is 3.52. The normalized spacial score (nSPS) is 20.8. The summed E-state index contributed by atoms with van der Waals surface area (Å²) in [6.45, 7) is 2.22. The zero-order valence-electron chi connectivity index (χ0n) is 19.9. The molecule has 1 saturated carbocycles. The molecule has 1 heterocycles. The number of halogens is 3. The minimum atomic E-state index is -4.40. The highest BCUT2D eigenvalue weighted by molar-refractivity contribution is 5.76. The van der Waals surface area contributed by atoms with Gasteiger partial charge in [0.05, 0.1) is 12.5 Å². The number of nitrogens with one attached hydrogen (secondary N) is 1. The van der Waals surface area contributed by atoms with E-state index in [-0.39, 0.29) is 31.1 Å². The van der Waals surface area contributed by atoms with Crippen molar-refractivity contribution in [1.82, 2.24) is 15.2 Å². The number of phenols is 1. The van der Waals surface area contributed by atoms with E-state index in [1.807, 2.05) is 32.0 Å². The molecule has 0 radical (unpaired) electrons. The molecule has 2 unspecified atom stereocenters. The lowest BCUT2D eigenvalue weighted by Gasteiger charge is -2.26. The summed E-state index contributed by atoms with van der Waals surface area (Å²) in [7, 11) is 5.23. The molecule has 0 spiro atoms. The van der Waals surface area contributed by atoms with E-state index in [4.69, 9.17) is 4.74 Å². The molecule has 1 aromatic heterocycles. The zero-order valence-corrected chi connectivity index (χ0v) is 19.9. The van der Waals surface area contributed by atoms with Crippen molar-refractivity contribution in [2.75, 3.05) is 27.7 Å². The smallest absolute Gasteiger partial charge is 0.395 e. The Labute approximate surface area is 198 Å². The third-order valence-electron chi connectivity index (χ3n) is 6.86. The minimum absolute atomic E-state index is 0.0391. The number of pyridine rings is 1. The number of rotatable bonds is 10. The quantitative estimate of drug-likeness (QED) is 0.534. The van der Waals surface area contributed by atoms with E-state index in [1.54, 1.807) is 24.3 Å².